The lowest BCUT2D eigenvalue weighted by Crippen LogP contribution is -2.26. The Labute approximate surface area is 121 Å². The maximum atomic E-state index is 12.0. The van der Waals surface area contributed by atoms with Gasteiger partial charge in [0, 0.05) is 23.3 Å². The van der Waals surface area contributed by atoms with E-state index in [0.29, 0.717) is 23.2 Å². The smallest absolute Gasteiger partial charge is 0.241 e. The topological polar surface area (TPSA) is 102 Å². The molecule has 0 bridgehead atoms. The van der Waals surface area contributed by atoms with Crippen LogP contribution in [0.15, 0.2) is 27.6 Å². The van der Waals surface area contributed by atoms with Crippen LogP contribution in [0.2, 0.25) is 0 Å². The van der Waals surface area contributed by atoms with Crippen molar-refractivity contribution in [2.24, 2.45) is 0 Å². The second-order valence-electron chi connectivity index (χ2n) is 3.78. The normalized spacial score (nSPS) is 11.7. The standard InChI is InChI=1S/C11H17BrN2O4S/c12-10-8-9(13)2-3-11(10)19(16,17)14-4-1-6-18-7-5-15/h2-3,8,14-15H,1,4-7,13H2. The third kappa shape index (κ3) is 5.45. The molecule has 0 spiro atoms. The number of aliphatic hydroxyl groups is 1. The number of sulfonamides is 1. The van der Waals surface area contributed by atoms with E-state index in [9.17, 15) is 8.42 Å². The van der Waals surface area contributed by atoms with Gasteiger partial charge in [0.2, 0.25) is 10.0 Å². The second kappa shape index (κ2) is 7.81. The summed E-state index contributed by atoms with van der Waals surface area (Å²) in [5.41, 5.74) is 6.05. The maximum absolute atomic E-state index is 12.0. The van der Waals surface area contributed by atoms with Crippen molar-refractivity contribution in [2.45, 2.75) is 11.3 Å². The number of nitrogen functional groups attached to an aromatic ring is 1. The molecule has 0 aliphatic heterocycles. The van der Waals surface area contributed by atoms with E-state index in [0.717, 1.165) is 0 Å². The molecule has 0 saturated heterocycles. The summed E-state index contributed by atoms with van der Waals surface area (Å²) in [5.74, 6) is 0. The van der Waals surface area contributed by atoms with Crippen molar-refractivity contribution in [3.63, 3.8) is 0 Å². The van der Waals surface area contributed by atoms with E-state index in [1.807, 2.05) is 0 Å². The average molecular weight is 353 g/mol. The van der Waals surface area contributed by atoms with Crippen molar-refractivity contribution in [1.82, 2.24) is 4.72 Å². The summed E-state index contributed by atoms with van der Waals surface area (Å²) in [6.45, 7) is 0.886. The lowest BCUT2D eigenvalue weighted by Gasteiger charge is -2.09. The van der Waals surface area contributed by atoms with Gasteiger partial charge in [0.05, 0.1) is 18.1 Å². The third-order valence-electron chi connectivity index (χ3n) is 2.24. The highest BCUT2D eigenvalue weighted by atomic mass is 79.9. The predicted octanol–water partition coefficient (Wildman–Crippen LogP) is 0.709. The molecule has 19 heavy (non-hydrogen) atoms. The van der Waals surface area contributed by atoms with Crippen LogP contribution in [-0.4, -0.2) is 39.9 Å². The zero-order chi connectivity index (χ0) is 14.3. The second-order valence-corrected chi connectivity index (χ2v) is 6.37. The highest BCUT2D eigenvalue weighted by molar-refractivity contribution is 9.10. The molecule has 0 amide bonds. The molecule has 6 nitrogen and oxygen atoms in total. The Kier molecular flexibility index (Phi) is 6.73. The summed E-state index contributed by atoms with van der Waals surface area (Å²) in [5, 5.41) is 8.50. The van der Waals surface area contributed by atoms with E-state index in [2.05, 4.69) is 20.7 Å². The minimum Gasteiger partial charge on any atom is -0.399 e. The SMILES string of the molecule is Nc1ccc(S(=O)(=O)NCCCOCCO)c(Br)c1. The van der Waals surface area contributed by atoms with Crippen molar-refractivity contribution in [3.8, 4) is 0 Å². The Morgan fingerprint density at radius 1 is 1.37 bits per heavy atom. The highest BCUT2D eigenvalue weighted by Gasteiger charge is 2.16. The monoisotopic (exact) mass is 352 g/mol. The van der Waals surface area contributed by atoms with Crippen molar-refractivity contribution in [2.75, 3.05) is 32.1 Å². The predicted molar refractivity (Wildman–Crippen MR) is 76.3 cm³/mol. The first-order valence-electron chi connectivity index (χ1n) is 5.70. The third-order valence-corrected chi connectivity index (χ3v) is 4.68. The van der Waals surface area contributed by atoms with Gasteiger partial charge in [-0.05, 0) is 40.5 Å². The molecule has 0 heterocycles. The van der Waals surface area contributed by atoms with Crippen LogP contribution in [0.5, 0.6) is 0 Å². The minimum absolute atomic E-state index is 0.0376. The van der Waals surface area contributed by atoms with Crippen molar-refractivity contribution in [1.29, 1.82) is 0 Å². The van der Waals surface area contributed by atoms with E-state index in [-0.39, 0.29) is 24.7 Å². The molecule has 1 aromatic carbocycles. The fourth-order valence-corrected chi connectivity index (χ4v) is 3.53. The highest BCUT2D eigenvalue weighted by Crippen LogP contribution is 2.23. The van der Waals surface area contributed by atoms with Gasteiger partial charge >= 0.3 is 0 Å². The van der Waals surface area contributed by atoms with E-state index >= 15 is 0 Å². The van der Waals surface area contributed by atoms with E-state index in [1.165, 1.54) is 12.1 Å². The largest absolute Gasteiger partial charge is 0.399 e. The van der Waals surface area contributed by atoms with Crippen LogP contribution in [0.3, 0.4) is 0 Å². The van der Waals surface area contributed by atoms with Gasteiger partial charge in [-0.3, -0.25) is 0 Å². The molecule has 0 aromatic heterocycles. The summed E-state index contributed by atoms with van der Waals surface area (Å²) < 4.78 is 31.9. The Morgan fingerprint density at radius 2 is 2.11 bits per heavy atom. The van der Waals surface area contributed by atoms with Crippen LogP contribution < -0.4 is 10.5 Å². The minimum atomic E-state index is -3.56. The first-order chi connectivity index (χ1) is 8.97. The summed E-state index contributed by atoms with van der Waals surface area (Å²) in [4.78, 5) is 0.151. The number of hydrogen-bond acceptors (Lipinski definition) is 5. The van der Waals surface area contributed by atoms with Gasteiger partial charge in [-0.25, -0.2) is 13.1 Å². The fraction of sp³-hybridized carbons (Fsp3) is 0.455. The lowest BCUT2D eigenvalue weighted by molar-refractivity contribution is 0.0913. The molecule has 1 aromatic rings. The zero-order valence-corrected chi connectivity index (χ0v) is 12.7. The fourth-order valence-electron chi connectivity index (χ4n) is 1.36. The molecule has 0 aliphatic carbocycles. The van der Waals surface area contributed by atoms with Crippen LogP contribution in [0.4, 0.5) is 5.69 Å². The molecule has 0 radical (unpaired) electrons. The Hall–Kier alpha value is -0.670. The van der Waals surface area contributed by atoms with Crippen LogP contribution in [-0.2, 0) is 14.8 Å². The van der Waals surface area contributed by atoms with Crippen molar-refractivity contribution >= 4 is 31.6 Å². The summed E-state index contributed by atoms with van der Waals surface area (Å²) in [6.07, 6.45) is 0.534. The van der Waals surface area contributed by atoms with Gasteiger partial charge in [-0.15, -0.1) is 0 Å². The number of aliphatic hydroxyl groups excluding tert-OH is 1. The molecule has 1 rings (SSSR count). The number of anilines is 1. The van der Waals surface area contributed by atoms with Crippen LogP contribution in [0.25, 0.3) is 0 Å². The average Bonchev–Trinajstić information content (AvgIpc) is 2.33. The van der Waals surface area contributed by atoms with Gasteiger partial charge in [0.1, 0.15) is 0 Å². The molecule has 0 unspecified atom stereocenters. The number of nitrogens with one attached hydrogen (secondary N) is 1. The molecule has 0 saturated carbocycles. The number of halogens is 1. The number of hydrogen-bond donors (Lipinski definition) is 3. The van der Waals surface area contributed by atoms with Gasteiger partial charge in [-0.2, -0.15) is 0 Å². The van der Waals surface area contributed by atoms with Crippen LogP contribution in [0.1, 0.15) is 6.42 Å². The van der Waals surface area contributed by atoms with Crippen molar-refractivity contribution in [3.05, 3.63) is 22.7 Å². The maximum Gasteiger partial charge on any atom is 0.241 e. The first kappa shape index (κ1) is 16.4. The molecule has 0 aliphatic rings. The van der Waals surface area contributed by atoms with Crippen LogP contribution in [0, 0.1) is 0 Å². The van der Waals surface area contributed by atoms with Crippen LogP contribution >= 0.6 is 15.9 Å². The zero-order valence-electron chi connectivity index (χ0n) is 10.3. The lowest BCUT2D eigenvalue weighted by atomic mass is 10.3. The Balaban J connectivity index is 2.52. The van der Waals surface area contributed by atoms with Gasteiger partial charge in [-0.1, -0.05) is 0 Å². The molecule has 4 N–H and O–H groups in total. The number of ether oxygens (including phenoxy) is 1. The van der Waals surface area contributed by atoms with Crippen molar-refractivity contribution < 1.29 is 18.3 Å². The van der Waals surface area contributed by atoms with E-state index in [1.54, 1.807) is 6.07 Å². The summed E-state index contributed by atoms with van der Waals surface area (Å²) >= 11 is 3.17. The summed E-state index contributed by atoms with van der Waals surface area (Å²) in [6, 6.07) is 4.52. The first-order valence-corrected chi connectivity index (χ1v) is 7.98. The van der Waals surface area contributed by atoms with E-state index < -0.39 is 10.0 Å². The van der Waals surface area contributed by atoms with Gasteiger partial charge in [0.25, 0.3) is 0 Å². The molecular formula is C11H17BrN2O4S. The molecule has 8 heteroatoms. The quantitative estimate of drug-likeness (QED) is 0.472. The van der Waals surface area contributed by atoms with E-state index in [4.69, 9.17) is 15.6 Å². The molecule has 108 valence electrons. The summed E-state index contributed by atoms with van der Waals surface area (Å²) in [7, 11) is -3.56. The van der Waals surface area contributed by atoms with Gasteiger partial charge < -0.3 is 15.6 Å². The number of rotatable bonds is 8. The van der Waals surface area contributed by atoms with Gasteiger partial charge in [0.15, 0.2) is 0 Å². The Bertz CT molecular complexity index is 507. The Morgan fingerprint density at radius 3 is 2.74 bits per heavy atom. The molecular weight excluding hydrogens is 336 g/mol. The molecule has 0 fully saturated rings. The molecule has 0 atom stereocenters. The number of benzene rings is 1. The number of nitrogens with two attached hydrogens (primary N) is 1.